The molecule has 0 bridgehead atoms. The monoisotopic (exact) mass is 223 g/mol. The second-order valence-electron chi connectivity index (χ2n) is 5.83. The van der Waals surface area contributed by atoms with Crippen LogP contribution in [0.25, 0.3) is 0 Å². The van der Waals surface area contributed by atoms with Crippen LogP contribution in [0.15, 0.2) is 12.3 Å². The zero-order valence-corrected chi connectivity index (χ0v) is 11.2. The maximum atomic E-state index is 4.37. The van der Waals surface area contributed by atoms with E-state index in [-0.39, 0.29) is 5.54 Å². The van der Waals surface area contributed by atoms with E-state index in [0.29, 0.717) is 0 Å². The van der Waals surface area contributed by atoms with Crippen LogP contribution in [0.5, 0.6) is 0 Å². The van der Waals surface area contributed by atoms with Crippen molar-refractivity contribution in [2.24, 2.45) is 5.92 Å². The Balaban J connectivity index is 2.50. The molecule has 3 heteroatoms. The number of hydrogen-bond donors (Lipinski definition) is 1. The highest BCUT2D eigenvalue weighted by atomic mass is 15.3. The van der Waals surface area contributed by atoms with Crippen LogP contribution in [0.1, 0.15) is 46.7 Å². The number of rotatable bonds is 5. The van der Waals surface area contributed by atoms with Gasteiger partial charge in [-0.25, -0.2) is 0 Å². The van der Waals surface area contributed by atoms with Crippen molar-refractivity contribution in [1.82, 2.24) is 15.1 Å². The highest BCUT2D eigenvalue weighted by Crippen LogP contribution is 2.07. The fourth-order valence-corrected chi connectivity index (χ4v) is 1.45. The van der Waals surface area contributed by atoms with Crippen molar-refractivity contribution < 1.29 is 0 Å². The quantitative estimate of drug-likeness (QED) is 0.832. The minimum Gasteiger partial charge on any atom is -0.306 e. The molecule has 0 radical (unpaired) electrons. The Morgan fingerprint density at radius 3 is 2.62 bits per heavy atom. The standard InChI is InChI=1S/C13H25N3/c1-11(2)7-9-16-12(6-8-15-16)10-14-13(3,4)5/h6,8,11,14H,7,9-10H2,1-5H3. The lowest BCUT2D eigenvalue weighted by Crippen LogP contribution is -2.35. The number of nitrogens with one attached hydrogen (secondary N) is 1. The average molecular weight is 223 g/mol. The van der Waals surface area contributed by atoms with Crippen LogP contribution >= 0.6 is 0 Å². The summed E-state index contributed by atoms with van der Waals surface area (Å²) in [5.41, 5.74) is 1.43. The van der Waals surface area contributed by atoms with Crippen LogP contribution < -0.4 is 5.32 Å². The first-order chi connectivity index (χ1) is 7.38. The predicted octanol–water partition coefficient (Wildman–Crippen LogP) is 2.82. The van der Waals surface area contributed by atoms with Crippen molar-refractivity contribution >= 4 is 0 Å². The summed E-state index contributed by atoms with van der Waals surface area (Å²) in [5.74, 6) is 0.729. The van der Waals surface area contributed by atoms with E-state index in [1.165, 1.54) is 12.1 Å². The molecular formula is C13H25N3. The van der Waals surface area contributed by atoms with Gasteiger partial charge in [-0.3, -0.25) is 4.68 Å². The lowest BCUT2D eigenvalue weighted by molar-refractivity contribution is 0.404. The minimum absolute atomic E-state index is 0.160. The molecule has 1 aromatic heterocycles. The molecule has 0 saturated carbocycles. The summed E-state index contributed by atoms with van der Waals surface area (Å²) in [6.45, 7) is 13.0. The Hall–Kier alpha value is -0.830. The van der Waals surface area contributed by atoms with Gasteiger partial charge < -0.3 is 5.32 Å². The molecule has 1 N–H and O–H groups in total. The third kappa shape index (κ3) is 4.79. The zero-order chi connectivity index (χ0) is 12.2. The summed E-state index contributed by atoms with van der Waals surface area (Å²) in [7, 11) is 0. The highest BCUT2D eigenvalue weighted by molar-refractivity contribution is 5.00. The lowest BCUT2D eigenvalue weighted by atomic mass is 10.1. The average Bonchev–Trinajstić information content (AvgIpc) is 2.57. The molecule has 0 aromatic carbocycles. The molecule has 0 fully saturated rings. The molecule has 16 heavy (non-hydrogen) atoms. The molecular weight excluding hydrogens is 198 g/mol. The van der Waals surface area contributed by atoms with Gasteiger partial charge in [0.25, 0.3) is 0 Å². The van der Waals surface area contributed by atoms with Crippen LogP contribution in [-0.2, 0) is 13.1 Å². The van der Waals surface area contributed by atoms with Crippen LogP contribution in [0.2, 0.25) is 0 Å². The van der Waals surface area contributed by atoms with Gasteiger partial charge in [-0.1, -0.05) is 13.8 Å². The van der Waals surface area contributed by atoms with Crippen molar-refractivity contribution in [2.45, 2.75) is 59.7 Å². The first-order valence-corrected chi connectivity index (χ1v) is 6.14. The number of nitrogens with zero attached hydrogens (tertiary/aromatic N) is 2. The molecule has 0 amide bonds. The van der Waals surface area contributed by atoms with Gasteiger partial charge in [0, 0.05) is 24.8 Å². The Bertz CT molecular complexity index is 307. The second kappa shape index (κ2) is 5.48. The van der Waals surface area contributed by atoms with Crippen molar-refractivity contribution in [3.05, 3.63) is 18.0 Å². The van der Waals surface area contributed by atoms with Gasteiger partial charge in [0.1, 0.15) is 0 Å². The predicted molar refractivity (Wildman–Crippen MR) is 68.3 cm³/mol. The second-order valence-corrected chi connectivity index (χ2v) is 5.83. The van der Waals surface area contributed by atoms with E-state index in [1.807, 2.05) is 6.20 Å². The van der Waals surface area contributed by atoms with Gasteiger partial charge in [0.05, 0.1) is 5.69 Å². The Kier molecular flexibility index (Phi) is 4.54. The number of aryl methyl sites for hydroxylation is 1. The fraction of sp³-hybridized carbons (Fsp3) is 0.769. The van der Waals surface area contributed by atoms with Gasteiger partial charge >= 0.3 is 0 Å². The van der Waals surface area contributed by atoms with Crippen molar-refractivity contribution in [1.29, 1.82) is 0 Å². The van der Waals surface area contributed by atoms with Crippen molar-refractivity contribution in [3.63, 3.8) is 0 Å². The van der Waals surface area contributed by atoms with E-state index >= 15 is 0 Å². The largest absolute Gasteiger partial charge is 0.306 e. The van der Waals surface area contributed by atoms with Crippen LogP contribution in [-0.4, -0.2) is 15.3 Å². The Morgan fingerprint density at radius 1 is 1.38 bits per heavy atom. The van der Waals surface area contributed by atoms with Gasteiger partial charge in [0.15, 0.2) is 0 Å². The zero-order valence-electron chi connectivity index (χ0n) is 11.2. The SMILES string of the molecule is CC(C)CCn1nccc1CNC(C)(C)C. The van der Waals surface area contributed by atoms with E-state index in [2.05, 4.69) is 55.8 Å². The first-order valence-electron chi connectivity index (χ1n) is 6.14. The molecule has 0 spiro atoms. The lowest BCUT2D eigenvalue weighted by Gasteiger charge is -2.21. The van der Waals surface area contributed by atoms with E-state index < -0.39 is 0 Å². The van der Waals surface area contributed by atoms with E-state index in [1.54, 1.807) is 0 Å². The molecule has 0 atom stereocenters. The third-order valence-corrected chi connectivity index (χ3v) is 2.52. The third-order valence-electron chi connectivity index (χ3n) is 2.52. The maximum Gasteiger partial charge on any atom is 0.0522 e. The molecule has 1 rings (SSSR count). The molecule has 3 nitrogen and oxygen atoms in total. The summed E-state index contributed by atoms with van der Waals surface area (Å²) in [5, 5.41) is 7.86. The first kappa shape index (κ1) is 13.2. The van der Waals surface area contributed by atoms with Gasteiger partial charge in [-0.2, -0.15) is 5.10 Å². The van der Waals surface area contributed by atoms with E-state index in [0.717, 1.165) is 19.0 Å². The Morgan fingerprint density at radius 2 is 2.06 bits per heavy atom. The summed E-state index contributed by atoms with van der Waals surface area (Å²) in [6, 6.07) is 2.10. The number of aromatic nitrogens is 2. The van der Waals surface area contributed by atoms with Crippen molar-refractivity contribution in [3.8, 4) is 0 Å². The molecule has 0 aliphatic rings. The smallest absolute Gasteiger partial charge is 0.0522 e. The summed E-state index contributed by atoms with van der Waals surface area (Å²) in [6.07, 6.45) is 3.07. The highest BCUT2D eigenvalue weighted by Gasteiger charge is 2.10. The van der Waals surface area contributed by atoms with E-state index in [9.17, 15) is 0 Å². The maximum absolute atomic E-state index is 4.37. The van der Waals surface area contributed by atoms with Crippen LogP contribution in [0.3, 0.4) is 0 Å². The molecule has 0 aliphatic carbocycles. The van der Waals surface area contributed by atoms with Gasteiger partial charge in [0.2, 0.25) is 0 Å². The summed E-state index contributed by atoms with van der Waals surface area (Å²) < 4.78 is 2.11. The van der Waals surface area contributed by atoms with Crippen molar-refractivity contribution in [2.75, 3.05) is 0 Å². The van der Waals surface area contributed by atoms with Gasteiger partial charge in [-0.05, 0) is 39.2 Å². The van der Waals surface area contributed by atoms with Crippen LogP contribution in [0.4, 0.5) is 0 Å². The summed E-state index contributed by atoms with van der Waals surface area (Å²) >= 11 is 0. The Labute approximate surface area is 99.2 Å². The molecule has 1 heterocycles. The summed E-state index contributed by atoms with van der Waals surface area (Å²) in [4.78, 5) is 0. The van der Waals surface area contributed by atoms with Gasteiger partial charge in [-0.15, -0.1) is 0 Å². The molecule has 1 aromatic rings. The fourth-order valence-electron chi connectivity index (χ4n) is 1.45. The molecule has 92 valence electrons. The minimum atomic E-state index is 0.160. The molecule has 0 aliphatic heterocycles. The number of hydrogen-bond acceptors (Lipinski definition) is 2. The van der Waals surface area contributed by atoms with E-state index in [4.69, 9.17) is 0 Å². The normalized spacial score (nSPS) is 12.4. The molecule has 0 saturated heterocycles. The topological polar surface area (TPSA) is 29.9 Å². The molecule has 0 unspecified atom stereocenters. The van der Waals surface area contributed by atoms with Crippen LogP contribution in [0, 0.1) is 5.92 Å².